The van der Waals surface area contributed by atoms with Crippen LogP contribution in [-0.2, 0) is 23.8 Å². The maximum absolute atomic E-state index is 12.8. The topological polar surface area (TPSA) is 61.8 Å². The molecule has 0 spiro atoms. The van der Waals surface area contributed by atoms with Gasteiger partial charge in [-0.15, -0.1) is 0 Å². The Kier molecular flexibility index (Phi) is 52.4. The summed E-state index contributed by atoms with van der Waals surface area (Å²) in [5, 5.41) is 0. The van der Waals surface area contributed by atoms with Gasteiger partial charge in [-0.1, -0.05) is 248 Å². The van der Waals surface area contributed by atoms with Crippen molar-refractivity contribution in [2.45, 2.75) is 271 Å². The number of esters is 2. The molecule has 0 heterocycles. The lowest BCUT2D eigenvalue weighted by Crippen LogP contribution is -2.30. The first kappa shape index (κ1) is 61.3. The molecule has 0 N–H and O–H groups in total. The van der Waals surface area contributed by atoms with Gasteiger partial charge in [-0.25, -0.2) is 0 Å². The van der Waals surface area contributed by atoms with Crippen LogP contribution >= 0.6 is 0 Å². The van der Waals surface area contributed by atoms with Crippen LogP contribution < -0.4 is 0 Å². The summed E-state index contributed by atoms with van der Waals surface area (Å²) in [6.45, 7) is 7.64. The lowest BCUT2D eigenvalue weighted by atomic mass is 10.0. The number of carbonyl (C=O) groups is 2. The highest BCUT2D eigenvalue weighted by atomic mass is 16.6. The molecule has 1 atom stereocenters. The molecule has 0 aromatic rings. The third kappa shape index (κ3) is 52.0. The Morgan fingerprint density at radius 1 is 0.359 bits per heavy atom. The second kappa shape index (κ2) is 54.7. The molecule has 0 radical (unpaired) electrons. The first-order valence-electron chi connectivity index (χ1n) is 27.5. The van der Waals surface area contributed by atoms with Crippen LogP contribution in [0, 0.1) is 0 Å². The quantitative estimate of drug-likeness (QED) is 0.0346. The van der Waals surface area contributed by atoms with E-state index in [4.69, 9.17) is 14.2 Å². The Bertz CT molecular complexity index is 1150. The molecule has 64 heavy (non-hydrogen) atoms. The minimum Gasteiger partial charge on any atom is -0.462 e. The van der Waals surface area contributed by atoms with E-state index in [0.29, 0.717) is 25.9 Å². The first-order valence-corrected chi connectivity index (χ1v) is 27.5. The van der Waals surface area contributed by atoms with E-state index < -0.39 is 6.10 Å². The van der Waals surface area contributed by atoms with Crippen molar-refractivity contribution in [1.29, 1.82) is 0 Å². The van der Waals surface area contributed by atoms with Gasteiger partial charge in [-0.3, -0.25) is 9.59 Å². The molecule has 0 aromatic heterocycles. The minimum absolute atomic E-state index is 0.0550. The summed E-state index contributed by atoms with van der Waals surface area (Å²) in [7, 11) is 0. The van der Waals surface area contributed by atoms with Gasteiger partial charge in [-0.2, -0.15) is 0 Å². The molecule has 0 aromatic carbocycles. The van der Waals surface area contributed by atoms with E-state index in [2.05, 4.69) is 87.6 Å². The first-order chi connectivity index (χ1) is 31.6. The third-order valence-corrected chi connectivity index (χ3v) is 11.7. The molecule has 0 aliphatic rings. The van der Waals surface area contributed by atoms with Crippen molar-refractivity contribution < 1.29 is 23.8 Å². The largest absolute Gasteiger partial charge is 0.462 e. The summed E-state index contributed by atoms with van der Waals surface area (Å²) in [6, 6.07) is 0. The van der Waals surface area contributed by atoms with Gasteiger partial charge >= 0.3 is 11.9 Å². The molecule has 1 unspecified atom stereocenters. The monoisotopic (exact) mass is 893 g/mol. The molecule has 0 bridgehead atoms. The van der Waals surface area contributed by atoms with Gasteiger partial charge in [0.25, 0.3) is 0 Å². The van der Waals surface area contributed by atoms with Gasteiger partial charge in [0.15, 0.2) is 6.10 Å². The summed E-state index contributed by atoms with van der Waals surface area (Å²) < 4.78 is 17.4. The number of ether oxygens (including phenoxy) is 3. The van der Waals surface area contributed by atoms with Crippen molar-refractivity contribution in [2.24, 2.45) is 0 Å². The second-order valence-electron chi connectivity index (χ2n) is 18.1. The molecule has 0 saturated heterocycles. The van der Waals surface area contributed by atoms with Crippen LogP contribution in [0.15, 0.2) is 72.9 Å². The van der Waals surface area contributed by atoms with Crippen molar-refractivity contribution >= 4 is 11.9 Å². The van der Waals surface area contributed by atoms with Crippen molar-refractivity contribution in [3.8, 4) is 0 Å². The van der Waals surface area contributed by atoms with E-state index in [9.17, 15) is 9.59 Å². The third-order valence-electron chi connectivity index (χ3n) is 11.7. The summed E-state index contributed by atoms with van der Waals surface area (Å²) in [6.07, 6.45) is 70.7. The molecule has 0 aliphatic heterocycles. The second-order valence-corrected chi connectivity index (χ2v) is 18.1. The zero-order valence-electron chi connectivity index (χ0n) is 42.5. The van der Waals surface area contributed by atoms with Crippen LogP contribution in [0.4, 0.5) is 0 Å². The molecule has 0 saturated carbocycles. The SMILES string of the molecule is CC/C=C\C/C=C\C/C=C\C/C=C\CCC(=O)OC(COCCCCCCCCCCCCCCCCCC)COC(=O)CCCCCCCCCCC/C=C\C/C=C\CCCCC. The summed E-state index contributed by atoms with van der Waals surface area (Å²) in [5.41, 5.74) is 0. The van der Waals surface area contributed by atoms with Crippen LogP contribution in [0.1, 0.15) is 265 Å². The normalized spacial score (nSPS) is 12.7. The molecule has 370 valence electrons. The van der Waals surface area contributed by atoms with Crippen LogP contribution in [0.3, 0.4) is 0 Å². The van der Waals surface area contributed by atoms with Gasteiger partial charge in [0.05, 0.1) is 6.61 Å². The summed E-state index contributed by atoms with van der Waals surface area (Å²) in [4.78, 5) is 25.4. The zero-order chi connectivity index (χ0) is 46.3. The molecule has 5 heteroatoms. The average Bonchev–Trinajstić information content (AvgIpc) is 3.30. The molecule has 0 amide bonds. The summed E-state index contributed by atoms with van der Waals surface area (Å²) in [5.74, 6) is -0.487. The maximum Gasteiger partial charge on any atom is 0.306 e. The van der Waals surface area contributed by atoms with E-state index in [-0.39, 0.29) is 25.2 Å². The highest BCUT2D eigenvalue weighted by molar-refractivity contribution is 5.70. The predicted molar refractivity (Wildman–Crippen MR) is 279 cm³/mol. The molecule has 0 aliphatic carbocycles. The Morgan fingerprint density at radius 3 is 1.22 bits per heavy atom. The molecular formula is C59H104O5. The zero-order valence-corrected chi connectivity index (χ0v) is 42.5. The Hall–Kier alpha value is -2.66. The smallest absolute Gasteiger partial charge is 0.306 e. The molecular weight excluding hydrogens is 789 g/mol. The highest BCUT2D eigenvalue weighted by Crippen LogP contribution is 2.15. The number of hydrogen-bond donors (Lipinski definition) is 0. The van der Waals surface area contributed by atoms with E-state index in [1.807, 2.05) is 6.08 Å². The standard InChI is InChI=1S/C59H104O5/c1-4-7-10-13-16-19-22-25-27-29-30-31-32-35-37-40-43-46-49-52-58(60)63-56-57(64-59(61)53-50-47-44-41-38-34-24-21-18-15-12-9-6-3)55-62-54-51-48-45-42-39-36-33-28-26-23-20-17-14-11-8-5-2/h9,12,16,18-19,21,25,27,34,38,44,47,57H,4-8,10-11,13-15,17,20,22-24,26,28-33,35-37,39-43,45-46,48-56H2,1-3H3/b12-9-,19-16-,21-18-,27-25-,38-34-,47-44-. The van der Waals surface area contributed by atoms with Crippen LogP contribution in [0.2, 0.25) is 0 Å². The molecule has 5 nitrogen and oxygen atoms in total. The number of hydrogen-bond acceptors (Lipinski definition) is 5. The lowest BCUT2D eigenvalue weighted by Gasteiger charge is -2.18. The van der Waals surface area contributed by atoms with Crippen LogP contribution in [0.25, 0.3) is 0 Å². The number of carbonyl (C=O) groups excluding carboxylic acids is 2. The number of unbranched alkanes of at least 4 members (excludes halogenated alkanes) is 27. The van der Waals surface area contributed by atoms with Crippen LogP contribution in [0.5, 0.6) is 0 Å². The Balaban J connectivity index is 4.30. The van der Waals surface area contributed by atoms with Gasteiger partial charge in [-0.05, 0) is 77.0 Å². The fraction of sp³-hybridized carbons (Fsp3) is 0.763. The van der Waals surface area contributed by atoms with Crippen molar-refractivity contribution in [1.82, 2.24) is 0 Å². The molecule has 0 rings (SSSR count). The van der Waals surface area contributed by atoms with Crippen molar-refractivity contribution in [2.75, 3.05) is 19.8 Å². The van der Waals surface area contributed by atoms with E-state index in [1.54, 1.807) is 0 Å². The van der Waals surface area contributed by atoms with Crippen LogP contribution in [-0.4, -0.2) is 37.9 Å². The fourth-order valence-corrected chi connectivity index (χ4v) is 7.67. The lowest BCUT2D eigenvalue weighted by molar-refractivity contribution is -0.162. The Labute approximate surface area is 397 Å². The number of rotatable bonds is 50. The minimum atomic E-state index is -0.576. The molecule has 0 fully saturated rings. The van der Waals surface area contributed by atoms with Crippen molar-refractivity contribution in [3.63, 3.8) is 0 Å². The number of allylic oxidation sites excluding steroid dienone is 12. The fourth-order valence-electron chi connectivity index (χ4n) is 7.67. The van der Waals surface area contributed by atoms with E-state index >= 15 is 0 Å². The Morgan fingerprint density at radius 2 is 0.734 bits per heavy atom. The maximum atomic E-state index is 12.8. The van der Waals surface area contributed by atoms with Gasteiger partial charge in [0.2, 0.25) is 0 Å². The average molecular weight is 893 g/mol. The van der Waals surface area contributed by atoms with Gasteiger partial charge in [0.1, 0.15) is 6.61 Å². The van der Waals surface area contributed by atoms with Crippen molar-refractivity contribution in [3.05, 3.63) is 72.9 Å². The van der Waals surface area contributed by atoms with E-state index in [0.717, 1.165) is 64.2 Å². The van der Waals surface area contributed by atoms with Gasteiger partial charge < -0.3 is 14.2 Å². The highest BCUT2D eigenvalue weighted by Gasteiger charge is 2.17. The summed E-state index contributed by atoms with van der Waals surface area (Å²) >= 11 is 0. The predicted octanol–water partition coefficient (Wildman–Crippen LogP) is 18.7. The van der Waals surface area contributed by atoms with E-state index in [1.165, 1.54) is 161 Å². The van der Waals surface area contributed by atoms with Gasteiger partial charge in [0, 0.05) is 19.4 Å².